The Morgan fingerprint density at radius 3 is 2.38 bits per heavy atom. The lowest BCUT2D eigenvalue weighted by Gasteiger charge is -2.21. The largest absolute Gasteiger partial charge is 0.497 e. The molecule has 2 aromatic carbocycles. The molecule has 6 nitrogen and oxygen atoms in total. The van der Waals surface area contributed by atoms with E-state index in [0.29, 0.717) is 32.7 Å². The van der Waals surface area contributed by atoms with Crippen LogP contribution in [0.1, 0.15) is 18.9 Å². The van der Waals surface area contributed by atoms with E-state index in [1.165, 1.54) is 0 Å². The van der Waals surface area contributed by atoms with Crippen LogP contribution in [0.15, 0.2) is 54.6 Å². The van der Waals surface area contributed by atoms with Crippen molar-refractivity contribution in [1.82, 2.24) is 10.2 Å². The van der Waals surface area contributed by atoms with Crippen molar-refractivity contribution in [3.8, 4) is 11.5 Å². The highest BCUT2D eigenvalue weighted by atomic mass is 16.5. The van der Waals surface area contributed by atoms with Crippen LogP contribution in [0.2, 0.25) is 0 Å². The fraction of sp³-hybridized carbons (Fsp3) is 0.391. The van der Waals surface area contributed by atoms with Crippen molar-refractivity contribution in [1.29, 1.82) is 0 Å². The molecule has 1 N–H and O–H groups in total. The second-order valence-electron chi connectivity index (χ2n) is 7.10. The standard InChI is InChI=1S/C23H28N2O4/c1-3-25(16-17-7-5-4-6-8-17)23(27)21-15-20(21)22(26)24-13-14-29-19-11-9-18(28-2)10-12-19/h4-12,20-21H,3,13-16H2,1-2H3,(H,24,26). The molecule has 2 atom stereocenters. The third kappa shape index (κ3) is 5.73. The Hall–Kier alpha value is -3.02. The highest BCUT2D eigenvalue weighted by molar-refractivity contribution is 5.92. The van der Waals surface area contributed by atoms with E-state index in [1.54, 1.807) is 7.11 Å². The van der Waals surface area contributed by atoms with Gasteiger partial charge >= 0.3 is 0 Å². The Morgan fingerprint density at radius 1 is 1.03 bits per heavy atom. The number of methoxy groups -OCH3 is 1. The predicted molar refractivity (Wildman–Crippen MR) is 111 cm³/mol. The van der Waals surface area contributed by atoms with E-state index < -0.39 is 0 Å². The molecule has 0 bridgehead atoms. The maximum atomic E-state index is 12.7. The molecule has 1 aliphatic carbocycles. The molecule has 1 aliphatic rings. The third-order valence-corrected chi connectivity index (χ3v) is 5.08. The lowest BCUT2D eigenvalue weighted by atomic mass is 10.2. The maximum absolute atomic E-state index is 12.7. The Balaban J connectivity index is 1.39. The Morgan fingerprint density at radius 2 is 1.72 bits per heavy atom. The van der Waals surface area contributed by atoms with Crippen LogP contribution in [0.25, 0.3) is 0 Å². The number of nitrogens with zero attached hydrogens (tertiary/aromatic N) is 1. The van der Waals surface area contributed by atoms with Crippen molar-refractivity contribution in [2.24, 2.45) is 11.8 Å². The van der Waals surface area contributed by atoms with E-state index >= 15 is 0 Å². The summed E-state index contributed by atoms with van der Waals surface area (Å²) >= 11 is 0. The number of carbonyl (C=O) groups is 2. The molecule has 1 saturated carbocycles. The predicted octanol–water partition coefficient (Wildman–Crippen LogP) is 2.88. The molecule has 0 heterocycles. The van der Waals surface area contributed by atoms with Crippen molar-refractivity contribution in [2.45, 2.75) is 19.9 Å². The van der Waals surface area contributed by atoms with Crippen LogP contribution in [0.4, 0.5) is 0 Å². The summed E-state index contributed by atoms with van der Waals surface area (Å²) in [5.41, 5.74) is 1.10. The van der Waals surface area contributed by atoms with Crippen LogP contribution in [0.5, 0.6) is 11.5 Å². The first-order valence-electron chi connectivity index (χ1n) is 9.99. The normalized spacial score (nSPS) is 17.3. The first-order chi connectivity index (χ1) is 14.1. The van der Waals surface area contributed by atoms with Crippen molar-refractivity contribution in [2.75, 3.05) is 26.8 Å². The summed E-state index contributed by atoms with van der Waals surface area (Å²) in [6, 6.07) is 17.2. The van der Waals surface area contributed by atoms with Gasteiger partial charge in [0.25, 0.3) is 0 Å². The third-order valence-electron chi connectivity index (χ3n) is 5.08. The quantitative estimate of drug-likeness (QED) is 0.627. The molecular weight excluding hydrogens is 368 g/mol. The van der Waals surface area contributed by atoms with Gasteiger partial charge in [-0.3, -0.25) is 9.59 Å². The van der Waals surface area contributed by atoms with Gasteiger partial charge in [-0.1, -0.05) is 30.3 Å². The zero-order valence-corrected chi connectivity index (χ0v) is 17.0. The molecule has 0 spiro atoms. The van der Waals surface area contributed by atoms with Crippen LogP contribution in [-0.4, -0.2) is 43.5 Å². The smallest absolute Gasteiger partial charge is 0.226 e. The first-order valence-corrected chi connectivity index (χ1v) is 9.99. The van der Waals surface area contributed by atoms with E-state index in [0.717, 1.165) is 17.1 Å². The molecule has 0 aromatic heterocycles. The summed E-state index contributed by atoms with van der Waals surface area (Å²) in [4.78, 5) is 26.9. The zero-order valence-electron chi connectivity index (χ0n) is 17.0. The van der Waals surface area contributed by atoms with Gasteiger partial charge in [0, 0.05) is 13.1 Å². The summed E-state index contributed by atoms with van der Waals surface area (Å²) in [6.45, 7) is 3.96. The van der Waals surface area contributed by atoms with E-state index in [-0.39, 0.29) is 23.7 Å². The van der Waals surface area contributed by atoms with Gasteiger partial charge in [0.15, 0.2) is 0 Å². The second kappa shape index (κ2) is 9.96. The van der Waals surface area contributed by atoms with Crippen LogP contribution < -0.4 is 14.8 Å². The molecule has 2 aromatic rings. The number of hydrogen-bond acceptors (Lipinski definition) is 4. The van der Waals surface area contributed by atoms with Crippen LogP contribution >= 0.6 is 0 Å². The second-order valence-corrected chi connectivity index (χ2v) is 7.10. The number of carbonyl (C=O) groups excluding carboxylic acids is 2. The Labute approximate surface area is 171 Å². The first kappa shape index (κ1) is 20.7. The number of amides is 2. The molecule has 6 heteroatoms. The van der Waals surface area contributed by atoms with E-state index in [4.69, 9.17) is 9.47 Å². The van der Waals surface area contributed by atoms with Crippen molar-refractivity contribution in [3.63, 3.8) is 0 Å². The number of ether oxygens (including phenoxy) is 2. The Kier molecular flexibility index (Phi) is 7.11. The number of hydrogen-bond donors (Lipinski definition) is 1. The lowest BCUT2D eigenvalue weighted by molar-refractivity contribution is -0.135. The fourth-order valence-corrected chi connectivity index (χ4v) is 3.29. The minimum atomic E-state index is -0.228. The van der Waals surface area contributed by atoms with E-state index in [2.05, 4.69) is 5.32 Å². The summed E-state index contributed by atoms with van der Waals surface area (Å²) in [5, 5.41) is 2.87. The van der Waals surface area contributed by atoms with Crippen molar-refractivity contribution >= 4 is 11.8 Å². The summed E-state index contributed by atoms with van der Waals surface area (Å²) in [6.07, 6.45) is 0.620. The van der Waals surface area contributed by atoms with Crippen LogP contribution in [0.3, 0.4) is 0 Å². The average molecular weight is 396 g/mol. The molecule has 1 fully saturated rings. The van der Waals surface area contributed by atoms with Gasteiger partial charge in [0.2, 0.25) is 11.8 Å². The average Bonchev–Trinajstić information content (AvgIpc) is 3.56. The van der Waals surface area contributed by atoms with Gasteiger partial charge in [-0.2, -0.15) is 0 Å². The van der Waals surface area contributed by atoms with Gasteiger partial charge in [0.1, 0.15) is 18.1 Å². The Bertz CT molecular complexity index is 807. The van der Waals surface area contributed by atoms with Gasteiger partial charge in [0.05, 0.1) is 25.5 Å². The number of nitrogens with one attached hydrogen (secondary N) is 1. The molecule has 0 saturated heterocycles. The molecule has 2 unspecified atom stereocenters. The van der Waals surface area contributed by atoms with Gasteiger partial charge in [-0.25, -0.2) is 0 Å². The summed E-state index contributed by atoms with van der Waals surface area (Å²) in [5.74, 6) is 1.04. The lowest BCUT2D eigenvalue weighted by Crippen LogP contribution is -2.34. The highest BCUT2D eigenvalue weighted by Gasteiger charge is 2.49. The number of rotatable bonds is 10. The minimum absolute atomic E-state index is 0.0611. The summed E-state index contributed by atoms with van der Waals surface area (Å²) < 4.78 is 10.7. The minimum Gasteiger partial charge on any atom is -0.497 e. The molecule has 2 amide bonds. The van der Waals surface area contributed by atoms with E-state index in [9.17, 15) is 9.59 Å². The van der Waals surface area contributed by atoms with Crippen molar-refractivity contribution < 1.29 is 19.1 Å². The molecular formula is C23H28N2O4. The van der Waals surface area contributed by atoms with Crippen molar-refractivity contribution in [3.05, 3.63) is 60.2 Å². The molecule has 0 radical (unpaired) electrons. The van der Waals surface area contributed by atoms with Gasteiger partial charge in [-0.15, -0.1) is 0 Å². The van der Waals surface area contributed by atoms with Gasteiger partial charge in [-0.05, 0) is 43.2 Å². The molecule has 0 aliphatic heterocycles. The summed E-state index contributed by atoms with van der Waals surface area (Å²) in [7, 11) is 1.61. The van der Waals surface area contributed by atoms with Crippen LogP contribution in [-0.2, 0) is 16.1 Å². The van der Waals surface area contributed by atoms with E-state index in [1.807, 2.05) is 66.4 Å². The molecule has 29 heavy (non-hydrogen) atoms. The monoisotopic (exact) mass is 396 g/mol. The molecule has 3 rings (SSSR count). The highest BCUT2D eigenvalue weighted by Crippen LogP contribution is 2.40. The molecule has 154 valence electrons. The zero-order chi connectivity index (χ0) is 20.6. The maximum Gasteiger partial charge on any atom is 0.226 e. The van der Waals surface area contributed by atoms with Gasteiger partial charge < -0.3 is 19.7 Å². The topological polar surface area (TPSA) is 67.9 Å². The SMILES string of the molecule is CCN(Cc1ccccc1)C(=O)C1CC1C(=O)NCCOc1ccc(OC)cc1. The number of benzene rings is 2. The van der Waals surface area contributed by atoms with Crippen LogP contribution in [0, 0.1) is 11.8 Å². The fourth-order valence-electron chi connectivity index (χ4n) is 3.29.